The summed E-state index contributed by atoms with van der Waals surface area (Å²) in [7, 11) is -2.88. The number of rotatable bonds is 4. The van der Waals surface area contributed by atoms with Crippen molar-refractivity contribution in [1.29, 1.82) is 0 Å². The molecule has 1 aliphatic heterocycles. The fraction of sp³-hybridized carbons (Fsp3) is 0.417. The maximum absolute atomic E-state index is 11.7. The molecule has 1 saturated heterocycles. The molecule has 7 heteroatoms. The molecule has 1 aromatic rings. The van der Waals surface area contributed by atoms with Gasteiger partial charge in [0, 0.05) is 5.25 Å². The normalized spacial score (nSPS) is 21.2. The number of amides is 1. The molecule has 1 heterocycles. The summed E-state index contributed by atoms with van der Waals surface area (Å²) in [6, 6.07) is 7.01. The molecule has 104 valence electrons. The summed E-state index contributed by atoms with van der Waals surface area (Å²) < 4.78 is 22.6. The maximum atomic E-state index is 11.7. The molecular formula is C12H14ClNO3S2. The van der Waals surface area contributed by atoms with Crippen molar-refractivity contribution in [1.82, 2.24) is 0 Å². The molecule has 1 N–H and O–H groups in total. The van der Waals surface area contributed by atoms with Crippen LogP contribution >= 0.6 is 23.4 Å². The van der Waals surface area contributed by atoms with Gasteiger partial charge in [-0.2, -0.15) is 0 Å². The standard InChI is InChI=1S/C12H14ClNO3S2/c13-10-3-1-2-4-11(10)14-12(15)7-18-9-5-6-19(16,17)8-9/h1-4,9H,5-8H2,(H,14,15)/t9-/m0/s1. The minimum absolute atomic E-state index is 0.0296. The van der Waals surface area contributed by atoms with E-state index in [2.05, 4.69) is 5.32 Å². The zero-order chi connectivity index (χ0) is 13.9. The molecule has 1 aliphatic rings. The van der Waals surface area contributed by atoms with Crippen molar-refractivity contribution in [3.8, 4) is 0 Å². The summed E-state index contributed by atoms with van der Waals surface area (Å²) in [5, 5.41) is 3.23. The van der Waals surface area contributed by atoms with Gasteiger partial charge in [-0.25, -0.2) is 8.42 Å². The van der Waals surface area contributed by atoms with Crippen LogP contribution in [0.1, 0.15) is 6.42 Å². The molecule has 0 bridgehead atoms. The fourth-order valence-electron chi connectivity index (χ4n) is 1.83. The predicted molar refractivity (Wildman–Crippen MR) is 79.6 cm³/mol. The Morgan fingerprint density at radius 3 is 2.79 bits per heavy atom. The number of sulfone groups is 1. The first-order chi connectivity index (χ1) is 8.96. The van der Waals surface area contributed by atoms with E-state index in [-0.39, 0.29) is 28.4 Å². The van der Waals surface area contributed by atoms with E-state index in [1.165, 1.54) is 11.8 Å². The summed E-state index contributed by atoms with van der Waals surface area (Å²) in [5.41, 5.74) is 0.578. The number of carbonyl (C=O) groups excluding carboxylic acids is 1. The number of anilines is 1. The smallest absolute Gasteiger partial charge is 0.234 e. The van der Waals surface area contributed by atoms with Crippen LogP contribution in [0, 0.1) is 0 Å². The second-order valence-corrected chi connectivity index (χ2v) is 8.29. The molecule has 0 saturated carbocycles. The first-order valence-corrected chi connectivity index (χ1v) is 9.07. The lowest BCUT2D eigenvalue weighted by atomic mass is 10.3. The maximum Gasteiger partial charge on any atom is 0.234 e. The van der Waals surface area contributed by atoms with E-state index in [1.807, 2.05) is 0 Å². The predicted octanol–water partition coefficient (Wildman–Crippen LogP) is 2.20. The lowest BCUT2D eigenvalue weighted by molar-refractivity contribution is -0.113. The number of nitrogens with one attached hydrogen (secondary N) is 1. The highest BCUT2D eigenvalue weighted by atomic mass is 35.5. The number of thioether (sulfide) groups is 1. The summed E-state index contributed by atoms with van der Waals surface area (Å²) in [5.74, 6) is 0.488. The molecule has 1 atom stereocenters. The average Bonchev–Trinajstić information content (AvgIpc) is 2.69. The van der Waals surface area contributed by atoms with Gasteiger partial charge in [0.25, 0.3) is 0 Å². The van der Waals surface area contributed by atoms with Gasteiger partial charge in [0.1, 0.15) is 0 Å². The fourth-order valence-corrected chi connectivity index (χ4v) is 5.46. The number of halogens is 1. The Hall–Kier alpha value is -0.720. The average molecular weight is 320 g/mol. The first kappa shape index (κ1) is 14.7. The van der Waals surface area contributed by atoms with Gasteiger partial charge in [-0.15, -0.1) is 11.8 Å². The Morgan fingerprint density at radius 1 is 1.42 bits per heavy atom. The van der Waals surface area contributed by atoms with Crippen LogP contribution in [0.2, 0.25) is 5.02 Å². The van der Waals surface area contributed by atoms with Crippen LogP contribution < -0.4 is 5.32 Å². The number of hydrogen-bond acceptors (Lipinski definition) is 4. The van der Waals surface area contributed by atoms with E-state index in [9.17, 15) is 13.2 Å². The van der Waals surface area contributed by atoms with Crippen molar-refractivity contribution in [2.75, 3.05) is 22.6 Å². The van der Waals surface area contributed by atoms with Gasteiger partial charge < -0.3 is 5.32 Å². The van der Waals surface area contributed by atoms with E-state index in [0.717, 1.165) is 0 Å². The Kier molecular flexibility index (Phi) is 4.76. The van der Waals surface area contributed by atoms with Crippen LogP contribution in [-0.4, -0.2) is 36.8 Å². The number of hydrogen-bond donors (Lipinski definition) is 1. The van der Waals surface area contributed by atoms with Gasteiger partial charge in [0.15, 0.2) is 9.84 Å². The van der Waals surface area contributed by atoms with Gasteiger partial charge in [0.05, 0.1) is 28.0 Å². The first-order valence-electron chi connectivity index (χ1n) is 5.83. The van der Waals surface area contributed by atoms with Crippen LogP contribution in [0.5, 0.6) is 0 Å². The highest BCUT2D eigenvalue weighted by molar-refractivity contribution is 8.02. The van der Waals surface area contributed by atoms with Crippen LogP contribution in [-0.2, 0) is 14.6 Å². The highest BCUT2D eigenvalue weighted by Crippen LogP contribution is 2.25. The second-order valence-electron chi connectivity index (χ2n) is 4.36. The van der Waals surface area contributed by atoms with Gasteiger partial charge >= 0.3 is 0 Å². The third-order valence-corrected chi connectivity index (χ3v) is 6.40. The molecular weight excluding hydrogens is 306 g/mol. The van der Waals surface area contributed by atoms with Crippen molar-refractivity contribution in [3.05, 3.63) is 29.3 Å². The van der Waals surface area contributed by atoms with Crippen molar-refractivity contribution in [2.24, 2.45) is 0 Å². The largest absolute Gasteiger partial charge is 0.324 e. The number of carbonyl (C=O) groups is 1. The summed E-state index contributed by atoms with van der Waals surface area (Å²) in [6.07, 6.45) is 0.631. The third-order valence-electron chi connectivity index (χ3n) is 2.79. The van der Waals surface area contributed by atoms with E-state index >= 15 is 0 Å². The van der Waals surface area contributed by atoms with Crippen LogP contribution in [0.15, 0.2) is 24.3 Å². The van der Waals surface area contributed by atoms with Gasteiger partial charge in [-0.05, 0) is 18.6 Å². The van der Waals surface area contributed by atoms with Crippen LogP contribution in [0.4, 0.5) is 5.69 Å². The van der Waals surface area contributed by atoms with E-state index in [1.54, 1.807) is 24.3 Å². The topological polar surface area (TPSA) is 63.2 Å². The SMILES string of the molecule is O=C(CS[C@H]1CCS(=O)(=O)C1)Nc1ccccc1Cl. The number of benzene rings is 1. The van der Waals surface area contributed by atoms with Crippen LogP contribution in [0.3, 0.4) is 0 Å². The highest BCUT2D eigenvalue weighted by Gasteiger charge is 2.28. The van der Waals surface area contributed by atoms with E-state index < -0.39 is 9.84 Å². The molecule has 1 fully saturated rings. The molecule has 19 heavy (non-hydrogen) atoms. The molecule has 0 spiro atoms. The van der Waals surface area contributed by atoms with Crippen molar-refractivity contribution >= 4 is 44.8 Å². The zero-order valence-corrected chi connectivity index (χ0v) is 12.5. The molecule has 2 rings (SSSR count). The number of para-hydroxylation sites is 1. The minimum Gasteiger partial charge on any atom is -0.324 e. The summed E-state index contributed by atoms with van der Waals surface area (Å²) >= 11 is 7.32. The zero-order valence-electron chi connectivity index (χ0n) is 10.1. The van der Waals surface area contributed by atoms with E-state index in [4.69, 9.17) is 11.6 Å². The summed E-state index contributed by atoms with van der Waals surface area (Å²) in [4.78, 5) is 11.7. The Labute approximate surface area is 121 Å². The Bertz CT molecular complexity index is 574. The Morgan fingerprint density at radius 2 is 2.16 bits per heavy atom. The lowest BCUT2D eigenvalue weighted by Gasteiger charge is -2.09. The van der Waals surface area contributed by atoms with Gasteiger partial charge in [-0.1, -0.05) is 23.7 Å². The lowest BCUT2D eigenvalue weighted by Crippen LogP contribution is -2.17. The Balaban J connectivity index is 1.81. The van der Waals surface area contributed by atoms with Crippen molar-refractivity contribution < 1.29 is 13.2 Å². The summed E-state index contributed by atoms with van der Waals surface area (Å²) in [6.45, 7) is 0. The van der Waals surface area contributed by atoms with Gasteiger partial charge in [0.2, 0.25) is 5.91 Å². The monoisotopic (exact) mass is 319 g/mol. The van der Waals surface area contributed by atoms with Crippen LogP contribution in [0.25, 0.3) is 0 Å². The molecule has 1 amide bonds. The third kappa shape index (κ3) is 4.40. The molecule has 0 aromatic heterocycles. The quantitative estimate of drug-likeness (QED) is 0.924. The molecule has 0 unspecified atom stereocenters. The van der Waals surface area contributed by atoms with Gasteiger partial charge in [-0.3, -0.25) is 4.79 Å². The van der Waals surface area contributed by atoms with Crippen molar-refractivity contribution in [3.63, 3.8) is 0 Å². The second kappa shape index (κ2) is 6.15. The molecule has 1 aromatic carbocycles. The molecule has 0 aliphatic carbocycles. The van der Waals surface area contributed by atoms with Crippen molar-refractivity contribution in [2.45, 2.75) is 11.7 Å². The molecule has 4 nitrogen and oxygen atoms in total. The molecule has 0 radical (unpaired) electrons. The minimum atomic E-state index is -2.88. The van der Waals surface area contributed by atoms with E-state index in [0.29, 0.717) is 17.1 Å².